The third kappa shape index (κ3) is 2.79. The van der Waals surface area contributed by atoms with Gasteiger partial charge in [0.15, 0.2) is 0 Å². The van der Waals surface area contributed by atoms with Crippen molar-refractivity contribution in [3.8, 4) is 0 Å². The normalized spacial score (nSPS) is 15.4. The summed E-state index contributed by atoms with van der Waals surface area (Å²) in [5, 5.41) is 4.38. The van der Waals surface area contributed by atoms with Gasteiger partial charge in [-0.15, -0.1) is 0 Å². The molecule has 0 saturated carbocycles. The number of nitrogens with zero attached hydrogens (tertiary/aromatic N) is 1. The first kappa shape index (κ1) is 17.1. The number of nitrogens with one attached hydrogen (secondary N) is 1. The van der Waals surface area contributed by atoms with Crippen LogP contribution in [0.3, 0.4) is 0 Å². The Hall–Kier alpha value is -2.30. The van der Waals surface area contributed by atoms with Gasteiger partial charge < -0.3 is 9.88 Å². The molecule has 132 valence electrons. The molecule has 0 saturated heterocycles. The number of halogens is 2. The molecule has 4 nitrogen and oxygen atoms in total. The lowest BCUT2D eigenvalue weighted by Gasteiger charge is -2.13. The van der Waals surface area contributed by atoms with E-state index in [2.05, 4.69) is 12.2 Å². The Morgan fingerprint density at radius 1 is 1.27 bits per heavy atom. The van der Waals surface area contributed by atoms with Crippen LogP contribution >= 0.6 is 23.2 Å². The molecular weight excluding hydrogens is 371 g/mol. The van der Waals surface area contributed by atoms with E-state index >= 15 is 0 Å². The summed E-state index contributed by atoms with van der Waals surface area (Å²) in [6.07, 6.45) is 2.53. The minimum atomic E-state index is -0.406. The van der Waals surface area contributed by atoms with Crippen LogP contribution < -0.4 is 10.7 Å². The molecule has 0 aliphatic carbocycles. The quantitative estimate of drug-likeness (QED) is 0.726. The van der Waals surface area contributed by atoms with E-state index in [0.29, 0.717) is 15.4 Å². The van der Waals surface area contributed by atoms with Gasteiger partial charge in [0, 0.05) is 34.2 Å². The van der Waals surface area contributed by atoms with Crippen LogP contribution in [0.1, 0.15) is 34.5 Å². The molecule has 2 aromatic carbocycles. The van der Waals surface area contributed by atoms with Crippen LogP contribution in [-0.4, -0.2) is 10.5 Å². The van der Waals surface area contributed by atoms with Gasteiger partial charge in [-0.25, -0.2) is 0 Å². The van der Waals surface area contributed by atoms with E-state index in [4.69, 9.17) is 23.2 Å². The first-order valence-corrected chi connectivity index (χ1v) is 9.10. The van der Waals surface area contributed by atoms with Gasteiger partial charge in [0.25, 0.3) is 5.91 Å². The van der Waals surface area contributed by atoms with Gasteiger partial charge in [-0.05, 0) is 42.7 Å². The molecule has 1 aromatic heterocycles. The molecule has 26 heavy (non-hydrogen) atoms. The van der Waals surface area contributed by atoms with Gasteiger partial charge in [0.2, 0.25) is 5.43 Å². The molecule has 4 rings (SSSR count). The number of carbonyl (C=O) groups is 1. The number of rotatable bonds is 3. The number of benzene rings is 2. The minimum absolute atomic E-state index is 0.147. The molecule has 1 unspecified atom stereocenters. The molecule has 2 heterocycles. The van der Waals surface area contributed by atoms with Crippen molar-refractivity contribution in [3.05, 3.63) is 79.6 Å². The second kappa shape index (κ2) is 6.45. The van der Waals surface area contributed by atoms with E-state index in [1.54, 1.807) is 30.5 Å². The maximum Gasteiger partial charge on any atom is 0.257 e. The molecule has 3 aromatic rings. The number of para-hydroxylation sites is 1. The fourth-order valence-corrected chi connectivity index (χ4v) is 3.99. The molecule has 0 radical (unpaired) electrons. The Balaban J connectivity index is 1.68. The third-order valence-corrected chi connectivity index (χ3v) is 5.41. The van der Waals surface area contributed by atoms with Crippen molar-refractivity contribution < 1.29 is 4.79 Å². The second-order valence-corrected chi connectivity index (χ2v) is 7.41. The summed E-state index contributed by atoms with van der Waals surface area (Å²) < 4.78 is 2.02. The zero-order valence-corrected chi connectivity index (χ0v) is 15.6. The smallest absolute Gasteiger partial charge is 0.257 e. The van der Waals surface area contributed by atoms with Crippen molar-refractivity contribution in [1.29, 1.82) is 0 Å². The summed E-state index contributed by atoms with van der Waals surface area (Å²) >= 11 is 12.0. The molecule has 1 aliphatic heterocycles. The Labute approximate surface area is 160 Å². The predicted octanol–water partition coefficient (Wildman–Crippen LogP) is 4.36. The monoisotopic (exact) mass is 386 g/mol. The first-order chi connectivity index (χ1) is 12.5. The van der Waals surface area contributed by atoms with Crippen molar-refractivity contribution in [2.45, 2.75) is 25.9 Å². The molecule has 1 aliphatic rings. The lowest BCUT2D eigenvalue weighted by Crippen LogP contribution is -2.29. The molecule has 0 spiro atoms. The Bertz CT molecular complexity index is 1100. The molecule has 0 fully saturated rings. The molecular formula is C20H16Cl2N2O2. The summed E-state index contributed by atoms with van der Waals surface area (Å²) in [5.41, 5.74) is 2.72. The van der Waals surface area contributed by atoms with Gasteiger partial charge in [-0.1, -0.05) is 41.4 Å². The molecule has 1 amide bonds. The van der Waals surface area contributed by atoms with Crippen molar-refractivity contribution in [1.82, 2.24) is 9.88 Å². The van der Waals surface area contributed by atoms with Crippen molar-refractivity contribution in [2.75, 3.05) is 0 Å². The van der Waals surface area contributed by atoms with Gasteiger partial charge in [-0.2, -0.15) is 0 Å². The highest BCUT2D eigenvalue weighted by Crippen LogP contribution is 2.30. The fourth-order valence-electron chi connectivity index (χ4n) is 3.51. The average molecular weight is 387 g/mol. The Morgan fingerprint density at radius 2 is 2.08 bits per heavy atom. The van der Waals surface area contributed by atoms with Crippen LogP contribution in [-0.2, 0) is 13.0 Å². The van der Waals surface area contributed by atoms with Crippen molar-refractivity contribution >= 4 is 40.0 Å². The van der Waals surface area contributed by atoms with Crippen LogP contribution in [0, 0.1) is 0 Å². The molecule has 0 bridgehead atoms. The van der Waals surface area contributed by atoms with Crippen LogP contribution in [0.4, 0.5) is 0 Å². The summed E-state index contributed by atoms with van der Waals surface area (Å²) in [7, 11) is 0. The van der Waals surface area contributed by atoms with Crippen molar-refractivity contribution in [2.24, 2.45) is 0 Å². The van der Waals surface area contributed by atoms with Crippen LogP contribution in [0.2, 0.25) is 10.0 Å². The highest BCUT2D eigenvalue weighted by Gasteiger charge is 2.24. The highest BCUT2D eigenvalue weighted by atomic mass is 35.5. The molecule has 6 heteroatoms. The second-order valence-electron chi connectivity index (χ2n) is 6.56. The summed E-state index contributed by atoms with van der Waals surface area (Å²) in [5.74, 6) is -0.406. The highest BCUT2D eigenvalue weighted by molar-refractivity contribution is 6.35. The number of hydrogen-bond acceptors (Lipinski definition) is 2. The van der Waals surface area contributed by atoms with E-state index < -0.39 is 5.91 Å². The first-order valence-electron chi connectivity index (χ1n) is 8.34. The SMILES string of the molecule is CC1Cc2cccc3c(=O)c(C(=O)NCc4ccc(Cl)cc4Cl)cn1c23. The van der Waals surface area contributed by atoms with Gasteiger partial charge in [0.05, 0.1) is 5.52 Å². The van der Waals surface area contributed by atoms with Gasteiger partial charge in [-0.3, -0.25) is 9.59 Å². The summed E-state index contributed by atoms with van der Waals surface area (Å²) in [4.78, 5) is 25.5. The zero-order chi connectivity index (χ0) is 18.4. The maximum atomic E-state index is 12.8. The third-order valence-electron chi connectivity index (χ3n) is 4.82. The van der Waals surface area contributed by atoms with E-state index in [1.165, 1.54) is 0 Å². The Morgan fingerprint density at radius 3 is 2.85 bits per heavy atom. The number of hydrogen-bond donors (Lipinski definition) is 1. The van der Waals surface area contributed by atoms with Crippen LogP contribution in [0.25, 0.3) is 10.9 Å². The number of amides is 1. The summed E-state index contributed by atoms with van der Waals surface area (Å²) in [6.45, 7) is 2.31. The number of pyridine rings is 1. The minimum Gasteiger partial charge on any atom is -0.348 e. The Kier molecular flexibility index (Phi) is 4.25. The van der Waals surface area contributed by atoms with Crippen LogP contribution in [0.5, 0.6) is 0 Å². The predicted molar refractivity (Wildman–Crippen MR) is 104 cm³/mol. The van der Waals surface area contributed by atoms with Crippen LogP contribution in [0.15, 0.2) is 47.4 Å². The number of carbonyl (C=O) groups excluding carboxylic acids is 1. The van der Waals surface area contributed by atoms with Crippen molar-refractivity contribution in [3.63, 3.8) is 0 Å². The standard InChI is InChI=1S/C20H16Cl2N2O2/c1-11-7-12-3-2-4-15-18(12)24(11)10-16(19(15)25)20(26)23-9-13-5-6-14(21)8-17(13)22/h2-6,8,10-11H,7,9H2,1H3,(H,23,26). The van der Waals surface area contributed by atoms with E-state index in [1.807, 2.05) is 16.7 Å². The zero-order valence-electron chi connectivity index (χ0n) is 14.1. The van der Waals surface area contributed by atoms with Gasteiger partial charge in [0.1, 0.15) is 5.56 Å². The summed E-state index contributed by atoms with van der Waals surface area (Å²) in [6, 6.07) is 11.0. The topological polar surface area (TPSA) is 51.1 Å². The largest absolute Gasteiger partial charge is 0.348 e. The van der Waals surface area contributed by atoms with Gasteiger partial charge >= 0.3 is 0 Å². The maximum absolute atomic E-state index is 12.8. The number of aromatic nitrogens is 1. The fraction of sp³-hybridized carbons (Fsp3) is 0.200. The lowest BCUT2D eigenvalue weighted by atomic mass is 10.1. The molecule has 1 N–H and O–H groups in total. The van der Waals surface area contributed by atoms with E-state index in [9.17, 15) is 9.59 Å². The average Bonchev–Trinajstić information content (AvgIpc) is 2.93. The van der Waals surface area contributed by atoms with E-state index in [0.717, 1.165) is 23.1 Å². The molecule has 1 atom stereocenters. The lowest BCUT2D eigenvalue weighted by molar-refractivity contribution is 0.0949. The van der Waals surface area contributed by atoms with E-state index in [-0.39, 0.29) is 23.6 Å².